The van der Waals surface area contributed by atoms with E-state index in [0.29, 0.717) is 21.9 Å². The smallest absolute Gasteiger partial charge is 0.291 e. The largest absolute Gasteiger partial charge is 0.451 e. The van der Waals surface area contributed by atoms with Crippen LogP contribution in [0, 0.1) is 6.92 Å². The summed E-state index contributed by atoms with van der Waals surface area (Å²) in [6, 6.07) is 11.2. The van der Waals surface area contributed by atoms with Crippen molar-refractivity contribution in [3.05, 3.63) is 58.8 Å². The fourth-order valence-corrected chi connectivity index (χ4v) is 3.57. The summed E-state index contributed by atoms with van der Waals surface area (Å²) in [5.41, 5.74) is 1.76. The van der Waals surface area contributed by atoms with Gasteiger partial charge in [-0.3, -0.25) is 4.79 Å². The number of carbonyl (C=O) groups is 1. The second-order valence-corrected chi connectivity index (χ2v) is 8.29. The Morgan fingerprint density at radius 3 is 2.48 bits per heavy atom. The molecule has 7 heteroatoms. The predicted octanol–water partition coefficient (Wildman–Crippen LogP) is 4.44. The molecule has 3 aromatic rings. The lowest BCUT2D eigenvalue weighted by Gasteiger charge is -2.06. The number of anilines is 1. The van der Waals surface area contributed by atoms with Crippen molar-refractivity contribution in [2.24, 2.45) is 0 Å². The van der Waals surface area contributed by atoms with Gasteiger partial charge >= 0.3 is 0 Å². The number of hydrogen-bond acceptors (Lipinski definition) is 4. The van der Waals surface area contributed by atoms with Crippen molar-refractivity contribution in [2.45, 2.75) is 18.7 Å². The summed E-state index contributed by atoms with van der Waals surface area (Å²) < 4.78 is 29.2. The van der Waals surface area contributed by atoms with Crippen molar-refractivity contribution in [1.29, 1.82) is 0 Å². The van der Waals surface area contributed by atoms with E-state index in [0.717, 1.165) is 5.39 Å². The van der Waals surface area contributed by atoms with Crippen molar-refractivity contribution in [2.75, 3.05) is 11.1 Å². The molecule has 0 saturated heterocycles. The highest BCUT2D eigenvalue weighted by Crippen LogP contribution is 2.28. The van der Waals surface area contributed by atoms with Gasteiger partial charge in [0.25, 0.3) is 5.91 Å². The van der Waals surface area contributed by atoms with Gasteiger partial charge in [0.15, 0.2) is 15.6 Å². The Bertz CT molecular complexity index is 1050. The van der Waals surface area contributed by atoms with Crippen molar-refractivity contribution in [1.82, 2.24) is 0 Å². The first-order valence-electron chi connectivity index (χ1n) is 7.64. The third-order valence-corrected chi connectivity index (χ3v) is 5.94. The third-order valence-electron chi connectivity index (χ3n) is 3.96. The van der Waals surface area contributed by atoms with E-state index in [-0.39, 0.29) is 16.4 Å². The standard InChI is InChI=1S/C18H16ClNO4S/c1-3-25(22,23)14-7-5-13(6-8-14)20-18(21)17-11(2)15-10-12(19)4-9-16(15)24-17/h4-10H,3H2,1-2H3,(H,20,21). The second kappa shape index (κ2) is 6.54. The summed E-state index contributed by atoms with van der Waals surface area (Å²) in [6.07, 6.45) is 0. The van der Waals surface area contributed by atoms with Crippen LogP contribution in [0.1, 0.15) is 23.0 Å². The summed E-state index contributed by atoms with van der Waals surface area (Å²) in [4.78, 5) is 12.7. The third kappa shape index (κ3) is 3.41. The van der Waals surface area contributed by atoms with Crippen LogP contribution in [0.25, 0.3) is 11.0 Å². The van der Waals surface area contributed by atoms with Crippen LogP contribution < -0.4 is 5.32 Å². The van der Waals surface area contributed by atoms with Crippen LogP contribution in [0.5, 0.6) is 0 Å². The molecule has 130 valence electrons. The maximum absolute atomic E-state index is 12.5. The number of benzene rings is 2. The summed E-state index contributed by atoms with van der Waals surface area (Å²) >= 11 is 5.98. The first-order valence-corrected chi connectivity index (χ1v) is 9.67. The fraction of sp³-hybridized carbons (Fsp3) is 0.167. The minimum Gasteiger partial charge on any atom is -0.451 e. The first kappa shape index (κ1) is 17.5. The van der Waals surface area contributed by atoms with E-state index in [9.17, 15) is 13.2 Å². The number of nitrogens with one attached hydrogen (secondary N) is 1. The van der Waals surface area contributed by atoms with E-state index in [2.05, 4.69) is 5.32 Å². The molecule has 1 aromatic heterocycles. The number of carbonyl (C=O) groups excluding carboxylic acids is 1. The van der Waals surface area contributed by atoms with Crippen LogP contribution in [0.3, 0.4) is 0 Å². The van der Waals surface area contributed by atoms with Gasteiger partial charge < -0.3 is 9.73 Å². The number of aryl methyl sites for hydroxylation is 1. The van der Waals surface area contributed by atoms with Crippen molar-refractivity contribution >= 4 is 44.0 Å². The molecule has 0 saturated carbocycles. The maximum atomic E-state index is 12.5. The molecule has 1 amide bonds. The molecule has 3 rings (SSSR count). The highest BCUT2D eigenvalue weighted by Gasteiger charge is 2.18. The Hall–Kier alpha value is -2.31. The molecule has 0 atom stereocenters. The zero-order valence-electron chi connectivity index (χ0n) is 13.7. The summed E-state index contributed by atoms with van der Waals surface area (Å²) in [7, 11) is -3.27. The quantitative estimate of drug-likeness (QED) is 0.729. The number of halogens is 1. The fourth-order valence-electron chi connectivity index (χ4n) is 2.51. The van der Waals surface area contributed by atoms with Gasteiger partial charge in [0.2, 0.25) is 0 Å². The molecule has 0 spiro atoms. The minimum atomic E-state index is -3.27. The maximum Gasteiger partial charge on any atom is 0.291 e. The lowest BCUT2D eigenvalue weighted by molar-refractivity contribution is 0.0998. The molecule has 0 unspecified atom stereocenters. The Kier molecular flexibility index (Phi) is 4.58. The zero-order chi connectivity index (χ0) is 18.2. The molecule has 25 heavy (non-hydrogen) atoms. The van der Waals surface area contributed by atoms with Crippen LogP contribution in [0.15, 0.2) is 51.8 Å². The lowest BCUT2D eigenvalue weighted by atomic mass is 10.1. The van der Waals surface area contributed by atoms with E-state index in [1.807, 2.05) is 0 Å². The SMILES string of the molecule is CCS(=O)(=O)c1ccc(NC(=O)c2oc3ccc(Cl)cc3c2C)cc1. The Morgan fingerprint density at radius 1 is 1.16 bits per heavy atom. The summed E-state index contributed by atoms with van der Waals surface area (Å²) in [6.45, 7) is 3.37. The van der Waals surface area contributed by atoms with Crippen molar-refractivity contribution in [3.8, 4) is 0 Å². The topological polar surface area (TPSA) is 76.4 Å². The van der Waals surface area contributed by atoms with Crippen LogP contribution in [0.4, 0.5) is 5.69 Å². The van der Waals surface area contributed by atoms with Crippen LogP contribution in [-0.2, 0) is 9.84 Å². The molecule has 0 aliphatic heterocycles. The monoisotopic (exact) mass is 377 g/mol. The molecule has 1 N–H and O–H groups in total. The number of furan rings is 1. The summed E-state index contributed by atoms with van der Waals surface area (Å²) in [5.74, 6) is -0.183. The predicted molar refractivity (Wildman–Crippen MR) is 98.1 cm³/mol. The highest BCUT2D eigenvalue weighted by molar-refractivity contribution is 7.91. The van der Waals surface area contributed by atoms with Gasteiger partial charge in [0, 0.05) is 21.7 Å². The van der Waals surface area contributed by atoms with Gasteiger partial charge in [-0.2, -0.15) is 0 Å². The number of hydrogen-bond donors (Lipinski definition) is 1. The number of rotatable bonds is 4. The van der Waals surface area contributed by atoms with Crippen LogP contribution in [0.2, 0.25) is 5.02 Å². The number of sulfone groups is 1. The first-order chi connectivity index (χ1) is 11.8. The van der Waals surface area contributed by atoms with Gasteiger partial charge in [-0.25, -0.2) is 8.42 Å². The van der Waals surface area contributed by atoms with Gasteiger partial charge in [-0.15, -0.1) is 0 Å². The molecule has 0 fully saturated rings. The molecule has 5 nitrogen and oxygen atoms in total. The van der Waals surface area contributed by atoms with E-state index in [4.69, 9.17) is 16.0 Å². The van der Waals surface area contributed by atoms with Gasteiger partial charge in [0.1, 0.15) is 5.58 Å². The second-order valence-electron chi connectivity index (χ2n) is 5.58. The molecule has 0 aliphatic rings. The van der Waals surface area contributed by atoms with E-state index >= 15 is 0 Å². The average molecular weight is 378 g/mol. The Morgan fingerprint density at radius 2 is 1.84 bits per heavy atom. The van der Waals surface area contributed by atoms with E-state index in [1.165, 1.54) is 12.1 Å². The van der Waals surface area contributed by atoms with E-state index < -0.39 is 15.7 Å². The molecule has 1 heterocycles. The lowest BCUT2D eigenvalue weighted by Crippen LogP contribution is -2.12. The molecule has 2 aromatic carbocycles. The van der Waals surface area contributed by atoms with E-state index in [1.54, 1.807) is 44.2 Å². The van der Waals surface area contributed by atoms with Crippen molar-refractivity contribution < 1.29 is 17.6 Å². The van der Waals surface area contributed by atoms with Gasteiger partial charge in [0.05, 0.1) is 10.6 Å². The molecular formula is C18H16ClNO4S. The number of fused-ring (bicyclic) bond motifs is 1. The molecule has 0 bridgehead atoms. The molecule has 0 aliphatic carbocycles. The zero-order valence-corrected chi connectivity index (χ0v) is 15.2. The Labute approximate surface area is 150 Å². The van der Waals surface area contributed by atoms with Gasteiger partial charge in [-0.1, -0.05) is 18.5 Å². The minimum absolute atomic E-state index is 0.0272. The summed E-state index contributed by atoms with van der Waals surface area (Å²) in [5, 5.41) is 4.06. The van der Waals surface area contributed by atoms with Crippen LogP contribution >= 0.6 is 11.6 Å². The molecular weight excluding hydrogens is 362 g/mol. The normalized spacial score (nSPS) is 11.6. The van der Waals surface area contributed by atoms with Crippen LogP contribution in [-0.4, -0.2) is 20.1 Å². The highest BCUT2D eigenvalue weighted by atomic mass is 35.5. The molecule has 0 radical (unpaired) electrons. The average Bonchev–Trinajstić information content (AvgIpc) is 2.92. The van der Waals surface area contributed by atoms with Crippen molar-refractivity contribution in [3.63, 3.8) is 0 Å². The van der Waals surface area contributed by atoms with Gasteiger partial charge in [-0.05, 0) is 49.4 Å². The number of amides is 1. The Balaban J connectivity index is 1.86.